The highest BCUT2D eigenvalue weighted by atomic mass is 79.9. The topological polar surface area (TPSA) is 84.5 Å². The number of ether oxygens (including phenoxy) is 1. The quantitative estimate of drug-likeness (QED) is 0.778. The molecule has 1 aromatic carbocycles. The summed E-state index contributed by atoms with van der Waals surface area (Å²) in [4.78, 5) is 34.9. The van der Waals surface area contributed by atoms with Crippen molar-refractivity contribution in [2.24, 2.45) is 0 Å². The molecule has 6 nitrogen and oxygen atoms in total. The molecule has 0 aromatic heterocycles. The molecular weight excluding hydrogens is 352 g/mol. The first-order valence-electron chi connectivity index (χ1n) is 6.70. The van der Waals surface area contributed by atoms with Crippen LogP contribution in [0.4, 0.5) is 4.79 Å². The molecule has 2 N–H and O–H groups in total. The molecule has 0 atom stereocenters. The molecule has 0 bridgehead atoms. The van der Waals surface area contributed by atoms with E-state index in [2.05, 4.69) is 26.6 Å². The van der Waals surface area contributed by atoms with Gasteiger partial charge in [0.15, 0.2) is 5.78 Å². The van der Waals surface area contributed by atoms with Gasteiger partial charge in [0.2, 0.25) is 5.91 Å². The van der Waals surface area contributed by atoms with Gasteiger partial charge in [-0.3, -0.25) is 9.59 Å². The van der Waals surface area contributed by atoms with Crippen molar-refractivity contribution in [1.29, 1.82) is 0 Å². The zero-order valence-electron chi connectivity index (χ0n) is 12.7. The maximum absolute atomic E-state index is 11.9. The number of carbonyl (C=O) groups excluding carboxylic acids is 3. The van der Waals surface area contributed by atoms with E-state index >= 15 is 0 Å². The molecule has 0 unspecified atom stereocenters. The molecule has 0 saturated heterocycles. The molecule has 0 aliphatic rings. The zero-order chi connectivity index (χ0) is 16.8. The molecule has 0 spiro atoms. The van der Waals surface area contributed by atoms with E-state index < -0.39 is 17.6 Å². The van der Waals surface area contributed by atoms with Crippen LogP contribution in [0.15, 0.2) is 28.7 Å². The summed E-state index contributed by atoms with van der Waals surface area (Å²) in [6, 6.07) is 6.95. The van der Waals surface area contributed by atoms with Crippen LogP contribution in [0.25, 0.3) is 0 Å². The van der Waals surface area contributed by atoms with Crippen molar-refractivity contribution in [2.45, 2.75) is 26.4 Å². The van der Waals surface area contributed by atoms with Crippen LogP contribution in [0.1, 0.15) is 31.1 Å². The third-order valence-corrected chi connectivity index (χ3v) is 3.10. The van der Waals surface area contributed by atoms with Crippen molar-refractivity contribution in [1.82, 2.24) is 10.6 Å². The van der Waals surface area contributed by atoms with E-state index in [9.17, 15) is 14.4 Å². The van der Waals surface area contributed by atoms with E-state index in [1.165, 1.54) is 0 Å². The average Bonchev–Trinajstić information content (AvgIpc) is 2.41. The summed E-state index contributed by atoms with van der Waals surface area (Å²) in [7, 11) is 0. The SMILES string of the molecule is CC(C)(C)OC(=O)NCC(=O)NCC(=O)c1ccccc1Br. The van der Waals surface area contributed by atoms with Crippen molar-refractivity contribution >= 4 is 33.7 Å². The summed E-state index contributed by atoms with van der Waals surface area (Å²) in [5.74, 6) is -0.690. The minimum Gasteiger partial charge on any atom is -0.444 e. The van der Waals surface area contributed by atoms with Crippen LogP contribution in [0.2, 0.25) is 0 Å². The summed E-state index contributed by atoms with van der Waals surface area (Å²) in [6.45, 7) is 4.78. The van der Waals surface area contributed by atoms with Gasteiger partial charge in [-0.2, -0.15) is 0 Å². The third kappa shape index (κ3) is 6.71. The third-order valence-electron chi connectivity index (χ3n) is 2.41. The number of hydrogen-bond donors (Lipinski definition) is 2. The first-order chi connectivity index (χ1) is 10.2. The van der Waals surface area contributed by atoms with Crippen LogP contribution in [0.5, 0.6) is 0 Å². The van der Waals surface area contributed by atoms with Gasteiger partial charge in [0.25, 0.3) is 0 Å². The second-order valence-corrected chi connectivity index (χ2v) is 6.39. The Morgan fingerprint density at radius 2 is 1.73 bits per heavy atom. The number of nitrogens with one attached hydrogen (secondary N) is 2. The van der Waals surface area contributed by atoms with Gasteiger partial charge in [-0.05, 0) is 26.8 Å². The van der Waals surface area contributed by atoms with Gasteiger partial charge >= 0.3 is 6.09 Å². The lowest BCUT2D eigenvalue weighted by molar-refractivity contribution is -0.120. The Hall–Kier alpha value is -1.89. The highest BCUT2D eigenvalue weighted by Gasteiger charge is 2.17. The Balaban J connectivity index is 2.36. The smallest absolute Gasteiger partial charge is 0.408 e. The molecular formula is C15H19BrN2O4. The lowest BCUT2D eigenvalue weighted by atomic mass is 10.1. The molecule has 0 aliphatic heterocycles. The maximum atomic E-state index is 11.9. The molecule has 1 aromatic rings. The molecule has 0 aliphatic carbocycles. The fraction of sp³-hybridized carbons (Fsp3) is 0.400. The van der Waals surface area contributed by atoms with E-state index in [1.807, 2.05) is 0 Å². The van der Waals surface area contributed by atoms with Gasteiger partial charge < -0.3 is 15.4 Å². The van der Waals surface area contributed by atoms with Gasteiger partial charge in [0.1, 0.15) is 12.1 Å². The Morgan fingerprint density at radius 1 is 1.09 bits per heavy atom. The Bertz CT molecular complexity index is 567. The number of alkyl carbamates (subject to hydrolysis) is 1. The van der Waals surface area contributed by atoms with Gasteiger partial charge in [-0.15, -0.1) is 0 Å². The summed E-state index contributed by atoms with van der Waals surface area (Å²) in [5, 5.41) is 4.77. The summed E-state index contributed by atoms with van der Waals surface area (Å²) in [6.07, 6.45) is -0.681. The van der Waals surface area contributed by atoms with Gasteiger partial charge in [0.05, 0.1) is 6.54 Å². The van der Waals surface area contributed by atoms with Crippen LogP contribution >= 0.6 is 15.9 Å². The highest BCUT2D eigenvalue weighted by molar-refractivity contribution is 9.10. The largest absolute Gasteiger partial charge is 0.444 e. The standard InChI is InChI=1S/C15H19BrN2O4/c1-15(2,3)22-14(21)18-9-13(20)17-8-12(19)10-6-4-5-7-11(10)16/h4-7H,8-9H2,1-3H3,(H,17,20)(H,18,21). The Kier molecular flexibility index (Phi) is 6.55. The normalized spacial score (nSPS) is 10.7. The minimum absolute atomic E-state index is 0.141. The van der Waals surface area contributed by atoms with Crippen LogP contribution in [-0.2, 0) is 9.53 Å². The molecule has 0 fully saturated rings. The van der Waals surface area contributed by atoms with E-state index in [0.29, 0.717) is 10.0 Å². The minimum atomic E-state index is -0.681. The van der Waals surface area contributed by atoms with Crippen LogP contribution in [0, 0.1) is 0 Å². The molecule has 0 radical (unpaired) electrons. The summed E-state index contributed by atoms with van der Waals surface area (Å²) in [5.41, 5.74) is -0.140. The van der Waals surface area contributed by atoms with Gasteiger partial charge in [0, 0.05) is 10.0 Å². The van der Waals surface area contributed by atoms with Gasteiger partial charge in [-0.1, -0.05) is 34.1 Å². The summed E-state index contributed by atoms with van der Waals surface area (Å²) >= 11 is 3.27. The monoisotopic (exact) mass is 370 g/mol. The van der Waals surface area contributed by atoms with Crippen LogP contribution in [0.3, 0.4) is 0 Å². The number of halogens is 1. The first kappa shape index (κ1) is 18.2. The number of amides is 2. The van der Waals surface area contributed by atoms with Crippen LogP contribution in [-0.4, -0.2) is 36.5 Å². The molecule has 1 rings (SSSR count). The number of benzene rings is 1. The van der Waals surface area contributed by atoms with Crippen LogP contribution < -0.4 is 10.6 Å². The lowest BCUT2D eigenvalue weighted by Gasteiger charge is -2.19. The Morgan fingerprint density at radius 3 is 2.32 bits per heavy atom. The molecule has 22 heavy (non-hydrogen) atoms. The predicted octanol–water partition coefficient (Wildman–Crippen LogP) is 2.27. The van der Waals surface area contributed by atoms with Crippen molar-refractivity contribution in [3.63, 3.8) is 0 Å². The maximum Gasteiger partial charge on any atom is 0.408 e. The number of Topliss-reactive ketones (excluding diaryl/α,β-unsaturated/α-hetero) is 1. The molecule has 0 heterocycles. The number of hydrogen-bond acceptors (Lipinski definition) is 4. The molecule has 120 valence electrons. The predicted molar refractivity (Wildman–Crippen MR) is 85.7 cm³/mol. The molecule has 7 heteroatoms. The van der Waals surface area contributed by atoms with E-state index in [4.69, 9.17) is 4.74 Å². The number of ketones is 1. The van der Waals surface area contributed by atoms with Crippen molar-refractivity contribution in [3.05, 3.63) is 34.3 Å². The second kappa shape index (κ2) is 7.93. The number of rotatable bonds is 5. The van der Waals surface area contributed by atoms with Gasteiger partial charge in [-0.25, -0.2) is 4.79 Å². The lowest BCUT2D eigenvalue weighted by Crippen LogP contribution is -2.41. The average molecular weight is 371 g/mol. The van der Waals surface area contributed by atoms with E-state index in [-0.39, 0.29) is 18.9 Å². The van der Waals surface area contributed by atoms with Crippen molar-refractivity contribution in [2.75, 3.05) is 13.1 Å². The molecule has 2 amide bonds. The molecule has 0 saturated carbocycles. The highest BCUT2D eigenvalue weighted by Crippen LogP contribution is 2.15. The Labute approximate surface area is 137 Å². The fourth-order valence-corrected chi connectivity index (χ4v) is 2.00. The summed E-state index contributed by atoms with van der Waals surface area (Å²) < 4.78 is 5.66. The van der Waals surface area contributed by atoms with Crippen molar-refractivity contribution in [3.8, 4) is 0 Å². The van der Waals surface area contributed by atoms with E-state index in [1.54, 1.807) is 45.0 Å². The number of carbonyl (C=O) groups is 3. The van der Waals surface area contributed by atoms with Crippen molar-refractivity contribution < 1.29 is 19.1 Å². The second-order valence-electron chi connectivity index (χ2n) is 5.54. The zero-order valence-corrected chi connectivity index (χ0v) is 14.3. The fourth-order valence-electron chi connectivity index (χ4n) is 1.49. The first-order valence-corrected chi connectivity index (χ1v) is 7.49. The van der Waals surface area contributed by atoms with E-state index in [0.717, 1.165) is 0 Å².